The van der Waals surface area contributed by atoms with Gasteiger partial charge in [0.25, 0.3) is 5.91 Å². The lowest BCUT2D eigenvalue weighted by molar-refractivity contribution is 0.0652. The second-order valence-electron chi connectivity index (χ2n) is 6.70. The molecular formula is C19H27N3O3S. The van der Waals surface area contributed by atoms with Crippen LogP contribution in [-0.2, 0) is 11.3 Å². The number of hydrogen-bond acceptors (Lipinski definition) is 6. The molecule has 1 amide bonds. The lowest BCUT2D eigenvalue weighted by Crippen LogP contribution is -2.41. The average molecular weight is 378 g/mol. The van der Waals surface area contributed by atoms with Gasteiger partial charge in [-0.2, -0.15) is 4.98 Å². The first-order valence-electron chi connectivity index (χ1n) is 9.24. The highest BCUT2D eigenvalue weighted by molar-refractivity contribution is 7.20. The summed E-state index contributed by atoms with van der Waals surface area (Å²) in [6, 6.07) is 0.350. The summed E-state index contributed by atoms with van der Waals surface area (Å²) in [5, 5.41) is 0.834. The Morgan fingerprint density at radius 1 is 1.23 bits per heavy atom. The summed E-state index contributed by atoms with van der Waals surface area (Å²) < 4.78 is 10.6. The molecule has 6 nitrogen and oxygen atoms in total. The second kappa shape index (κ2) is 8.31. The predicted octanol–water partition coefficient (Wildman–Crippen LogP) is 3.95. The quantitative estimate of drug-likeness (QED) is 0.763. The van der Waals surface area contributed by atoms with E-state index >= 15 is 0 Å². The largest absolute Gasteiger partial charge is 0.480 e. The third-order valence-electron chi connectivity index (χ3n) is 5.08. The van der Waals surface area contributed by atoms with E-state index in [4.69, 9.17) is 9.47 Å². The highest BCUT2D eigenvalue weighted by atomic mass is 32.1. The number of carbonyl (C=O) groups excluding carboxylic acids is 1. The molecule has 0 bridgehead atoms. The van der Waals surface area contributed by atoms with Gasteiger partial charge in [0.2, 0.25) is 5.88 Å². The van der Waals surface area contributed by atoms with Gasteiger partial charge in [-0.1, -0.05) is 19.3 Å². The van der Waals surface area contributed by atoms with E-state index in [9.17, 15) is 4.79 Å². The van der Waals surface area contributed by atoms with Crippen LogP contribution in [0.15, 0.2) is 0 Å². The number of nitrogens with zero attached hydrogens (tertiary/aromatic N) is 3. The predicted molar refractivity (Wildman–Crippen MR) is 103 cm³/mol. The molecule has 0 spiro atoms. The Kier molecular flexibility index (Phi) is 6.09. The fraction of sp³-hybridized carbons (Fsp3) is 0.632. The van der Waals surface area contributed by atoms with Crippen molar-refractivity contribution >= 4 is 27.5 Å². The van der Waals surface area contributed by atoms with Crippen molar-refractivity contribution in [3.05, 3.63) is 16.3 Å². The second-order valence-corrected chi connectivity index (χ2v) is 7.70. The van der Waals surface area contributed by atoms with Crippen LogP contribution in [-0.4, -0.2) is 47.6 Å². The third-order valence-corrected chi connectivity index (χ3v) is 6.26. The normalized spacial score (nSPS) is 15.4. The van der Waals surface area contributed by atoms with Crippen molar-refractivity contribution in [1.82, 2.24) is 14.9 Å². The smallest absolute Gasteiger partial charge is 0.264 e. The highest BCUT2D eigenvalue weighted by Gasteiger charge is 2.29. The summed E-state index contributed by atoms with van der Waals surface area (Å²) in [5.74, 6) is 1.18. The van der Waals surface area contributed by atoms with E-state index in [1.54, 1.807) is 14.2 Å². The molecule has 0 saturated heterocycles. The number of methoxy groups -OCH3 is 2. The zero-order valence-corrected chi connectivity index (χ0v) is 16.8. The van der Waals surface area contributed by atoms with Gasteiger partial charge in [-0.3, -0.25) is 4.79 Å². The summed E-state index contributed by atoms with van der Waals surface area (Å²) in [7, 11) is 3.20. The number of thiophene rings is 1. The van der Waals surface area contributed by atoms with E-state index in [2.05, 4.69) is 16.9 Å². The third kappa shape index (κ3) is 3.55. The molecule has 0 N–H and O–H groups in total. The SMILES string of the molecule is CCN(C(=O)c1sc2nc(COC)nc(OC)c2c1C)C1CCCCC1. The highest BCUT2D eigenvalue weighted by Crippen LogP contribution is 2.36. The topological polar surface area (TPSA) is 64.6 Å². The minimum absolute atomic E-state index is 0.107. The fourth-order valence-corrected chi connectivity index (χ4v) is 4.93. The minimum atomic E-state index is 0.107. The molecule has 0 unspecified atom stereocenters. The van der Waals surface area contributed by atoms with Crippen molar-refractivity contribution < 1.29 is 14.3 Å². The molecule has 142 valence electrons. The summed E-state index contributed by atoms with van der Waals surface area (Å²) in [4.78, 5) is 25.8. The minimum Gasteiger partial charge on any atom is -0.480 e. The number of hydrogen-bond donors (Lipinski definition) is 0. The van der Waals surface area contributed by atoms with Gasteiger partial charge in [-0.15, -0.1) is 11.3 Å². The molecule has 1 aliphatic rings. The number of amides is 1. The number of aromatic nitrogens is 2. The van der Waals surface area contributed by atoms with Gasteiger partial charge in [-0.25, -0.2) is 4.98 Å². The Labute approximate surface area is 158 Å². The number of fused-ring (bicyclic) bond motifs is 1. The van der Waals surface area contributed by atoms with Crippen LogP contribution in [0.1, 0.15) is 60.1 Å². The molecule has 1 saturated carbocycles. The Morgan fingerprint density at radius 3 is 2.58 bits per heavy atom. The van der Waals surface area contributed by atoms with Gasteiger partial charge < -0.3 is 14.4 Å². The summed E-state index contributed by atoms with van der Waals surface area (Å²) >= 11 is 1.43. The molecular weight excluding hydrogens is 350 g/mol. The molecule has 1 fully saturated rings. The van der Waals surface area contributed by atoms with Crippen molar-refractivity contribution in [2.45, 2.75) is 58.6 Å². The van der Waals surface area contributed by atoms with Crippen molar-refractivity contribution in [3.63, 3.8) is 0 Å². The maximum atomic E-state index is 13.3. The standard InChI is InChI=1S/C19H27N3O3S/c1-5-22(13-9-7-6-8-10-13)19(23)16-12(2)15-17(25-4)20-14(11-24-3)21-18(15)26-16/h13H,5-11H2,1-4H3. The van der Waals surface area contributed by atoms with E-state index in [-0.39, 0.29) is 5.91 Å². The first-order chi connectivity index (χ1) is 12.6. The molecule has 7 heteroatoms. The van der Waals surface area contributed by atoms with Gasteiger partial charge in [-0.05, 0) is 32.3 Å². The van der Waals surface area contributed by atoms with Crippen molar-refractivity contribution in [1.29, 1.82) is 0 Å². The lowest BCUT2D eigenvalue weighted by Gasteiger charge is -2.33. The Hall–Kier alpha value is -1.73. The Morgan fingerprint density at radius 2 is 1.96 bits per heavy atom. The maximum Gasteiger partial charge on any atom is 0.264 e. The van der Waals surface area contributed by atoms with Crippen LogP contribution in [0.5, 0.6) is 5.88 Å². The summed E-state index contributed by atoms with van der Waals surface area (Å²) in [5.41, 5.74) is 0.907. The first kappa shape index (κ1) is 19.0. The van der Waals surface area contributed by atoms with Crippen LogP contribution < -0.4 is 4.74 Å². The van der Waals surface area contributed by atoms with Crippen LogP contribution in [0, 0.1) is 6.92 Å². The van der Waals surface area contributed by atoms with Crippen molar-refractivity contribution in [2.75, 3.05) is 20.8 Å². The van der Waals surface area contributed by atoms with Crippen molar-refractivity contribution in [3.8, 4) is 5.88 Å². The number of rotatable bonds is 6. The van der Waals surface area contributed by atoms with Crippen LogP contribution >= 0.6 is 11.3 Å². The van der Waals surface area contributed by atoms with E-state index in [1.807, 2.05) is 11.8 Å². The maximum absolute atomic E-state index is 13.3. The van der Waals surface area contributed by atoms with Crippen LogP contribution in [0.3, 0.4) is 0 Å². The molecule has 26 heavy (non-hydrogen) atoms. The summed E-state index contributed by atoms with van der Waals surface area (Å²) in [6.07, 6.45) is 5.90. The van der Waals surface area contributed by atoms with E-state index in [1.165, 1.54) is 30.6 Å². The van der Waals surface area contributed by atoms with Gasteiger partial charge in [0.1, 0.15) is 11.4 Å². The van der Waals surface area contributed by atoms with Gasteiger partial charge in [0, 0.05) is 19.7 Å². The fourth-order valence-electron chi connectivity index (χ4n) is 3.78. The van der Waals surface area contributed by atoms with Gasteiger partial charge >= 0.3 is 0 Å². The van der Waals surface area contributed by atoms with E-state index < -0.39 is 0 Å². The molecule has 0 atom stereocenters. The van der Waals surface area contributed by atoms with Crippen molar-refractivity contribution in [2.24, 2.45) is 0 Å². The molecule has 2 aromatic rings. The zero-order chi connectivity index (χ0) is 18.7. The molecule has 0 radical (unpaired) electrons. The zero-order valence-electron chi connectivity index (χ0n) is 16.0. The van der Waals surface area contributed by atoms with Gasteiger partial charge in [0.05, 0.1) is 17.4 Å². The number of aryl methyl sites for hydroxylation is 1. The van der Waals surface area contributed by atoms with E-state index in [0.717, 1.165) is 40.0 Å². The Bertz CT molecular complexity index is 784. The summed E-state index contributed by atoms with van der Waals surface area (Å²) in [6.45, 7) is 5.07. The first-order valence-corrected chi connectivity index (χ1v) is 10.1. The molecule has 2 heterocycles. The number of ether oxygens (including phenoxy) is 2. The van der Waals surface area contributed by atoms with Crippen LogP contribution in [0.25, 0.3) is 10.2 Å². The molecule has 1 aliphatic carbocycles. The average Bonchev–Trinajstić information content (AvgIpc) is 2.99. The molecule has 2 aromatic heterocycles. The van der Waals surface area contributed by atoms with Crippen LogP contribution in [0.4, 0.5) is 0 Å². The monoisotopic (exact) mass is 377 g/mol. The molecule has 0 aromatic carbocycles. The lowest BCUT2D eigenvalue weighted by atomic mass is 9.94. The molecule has 3 rings (SSSR count). The van der Waals surface area contributed by atoms with Crippen LogP contribution in [0.2, 0.25) is 0 Å². The van der Waals surface area contributed by atoms with Gasteiger partial charge in [0.15, 0.2) is 5.82 Å². The number of carbonyl (C=O) groups is 1. The van der Waals surface area contributed by atoms with E-state index in [0.29, 0.717) is 24.4 Å². The molecule has 0 aliphatic heterocycles. The Balaban J connectivity index is 2.00.